The first-order valence-corrected chi connectivity index (χ1v) is 9.73. The molecule has 1 aromatic heterocycles. The van der Waals surface area contributed by atoms with E-state index in [9.17, 15) is 4.79 Å². The highest BCUT2D eigenvalue weighted by Crippen LogP contribution is 2.31. The third kappa shape index (κ3) is 7.18. The van der Waals surface area contributed by atoms with Crippen molar-refractivity contribution >= 4 is 5.97 Å². The summed E-state index contributed by atoms with van der Waals surface area (Å²) >= 11 is 0. The summed E-state index contributed by atoms with van der Waals surface area (Å²) < 4.78 is 11.1. The van der Waals surface area contributed by atoms with Crippen LogP contribution in [-0.4, -0.2) is 16.6 Å². The SMILES string of the molecule is CC(C)(C)OC(=O)C[C@@H](CCCC1CCCCC1)c1nc(CN)co1. The van der Waals surface area contributed by atoms with Crippen molar-refractivity contribution in [3.63, 3.8) is 0 Å². The third-order valence-corrected chi connectivity index (χ3v) is 4.85. The van der Waals surface area contributed by atoms with Crippen molar-refractivity contribution < 1.29 is 13.9 Å². The molecule has 1 heterocycles. The third-order valence-electron chi connectivity index (χ3n) is 4.85. The van der Waals surface area contributed by atoms with E-state index in [-0.39, 0.29) is 11.9 Å². The lowest BCUT2D eigenvalue weighted by atomic mass is 9.84. The minimum Gasteiger partial charge on any atom is -0.460 e. The van der Waals surface area contributed by atoms with E-state index in [1.54, 1.807) is 6.26 Å². The maximum Gasteiger partial charge on any atom is 0.307 e. The van der Waals surface area contributed by atoms with Crippen LogP contribution in [0.15, 0.2) is 10.7 Å². The van der Waals surface area contributed by atoms with Crippen molar-refractivity contribution in [2.45, 2.75) is 96.6 Å². The van der Waals surface area contributed by atoms with Crippen molar-refractivity contribution in [1.29, 1.82) is 0 Å². The molecule has 25 heavy (non-hydrogen) atoms. The van der Waals surface area contributed by atoms with E-state index in [0.717, 1.165) is 24.5 Å². The van der Waals surface area contributed by atoms with Crippen LogP contribution >= 0.6 is 0 Å². The Balaban J connectivity index is 1.92. The van der Waals surface area contributed by atoms with Gasteiger partial charge in [0.1, 0.15) is 11.9 Å². The van der Waals surface area contributed by atoms with Gasteiger partial charge >= 0.3 is 5.97 Å². The molecule has 0 unspecified atom stereocenters. The molecule has 1 atom stereocenters. The zero-order valence-corrected chi connectivity index (χ0v) is 16.1. The van der Waals surface area contributed by atoms with Gasteiger partial charge in [0.15, 0.2) is 5.89 Å². The normalized spacial score (nSPS) is 17.4. The number of rotatable bonds is 8. The number of oxazole rings is 1. The van der Waals surface area contributed by atoms with Crippen LogP contribution in [0.4, 0.5) is 0 Å². The second kappa shape index (κ2) is 9.37. The fourth-order valence-electron chi connectivity index (χ4n) is 3.63. The first-order valence-electron chi connectivity index (χ1n) is 9.73. The highest BCUT2D eigenvalue weighted by Gasteiger charge is 2.25. The summed E-state index contributed by atoms with van der Waals surface area (Å²) in [5.74, 6) is 1.25. The quantitative estimate of drug-likeness (QED) is 0.688. The molecule has 0 amide bonds. The maximum absolute atomic E-state index is 12.3. The largest absolute Gasteiger partial charge is 0.460 e. The van der Waals surface area contributed by atoms with Crippen LogP contribution in [0.3, 0.4) is 0 Å². The smallest absolute Gasteiger partial charge is 0.307 e. The van der Waals surface area contributed by atoms with Gasteiger partial charge in [-0.2, -0.15) is 0 Å². The van der Waals surface area contributed by atoms with Gasteiger partial charge in [-0.25, -0.2) is 4.98 Å². The number of nitrogens with two attached hydrogens (primary N) is 1. The standard InChI is InChI=1S/C20H34N2O3/c1-20(2,3)25-18(23)12-16(19-22-17(13-21)14-24-19)11-7-10-15-8-5-4-6-9-15/h14-16H,4-13,21H2,1-3H3/t16-/m1/s1. The Kier molecular flexibility index (Phi) is 7.48. The van der Waals surface area contributed by atoms with Gasteiger partial charge in [0.2, 0.25) is 0 Å². The molecule has 1 aromatic rings. The molecule has 0 bridgehead atoms. The monoisotopic (exact) mass is 350 g/mol. The van der Waals surface area contributed by atoms with Gasteiger partial charge in [0.25, 0.3) is 0 Å². The van der Waals surface area contributed by atoms with Crippen molar-refractivity contribution in [3.05, 3.63) is 17.8 Å². The summed E-state index contributed by atoms with van der Waals surface area (Å²) in [6.45, 7) is 6.02. The molecule has 0 spiro atoms. The fourth-order valence-corrected chi connectivity index (χ4v) is 3.63. The predicted octanol–water partition coefficient (Wildman–Crippen LogP) is 4.70. The summed E-state index contributed by atoms with van der Waals surface area (Å²) in [6.07, 6.45) is 12.0. The van der Waals surface area contributed by atoms with Gasteiger partial charge in [0, 0.05) is 12.5 Å². The first kappa shape index (κ1) is 20.0. The van der Waals surface area contributed by atoms with Gasteiger partial charge in [-0.05, 0) is 33.1 Å². The molecule has 2 rings (SSSR count). The topological polar surface area (TPSA) is 78.3 Å². The van der Waals surface area contributed by atoms with Crippen LogP contribution in [0.25, 0.3) is 0 Å². The van der Waals surface area contributed by atoms with Crippen molar-refractivity contribution in [2.24, 2.45) is 11.7 Å². The number of hydrogen-bond acceptors (Lipinski definition) is 5. The van der Waals surface area contributed by atoms with Crippen LogP contribution in [0.2, 0.25) is 0 Å². The molecular formula is C20H34N2O3. The number of carbonyl (C=O) groups excluding carboxylic acids is 1. The number of aromatic nitrogens is 1. The number of ether oxygens (including phenoxy) is 1. The zero-order valence-electron chi connectivity index (χ0n) is 16.1. The maximum atomic E-state index is 12.3. The summed E-state index contributed by atoms with van der Waals surface area (Å²) in [6, 6.07) is 0. The van der Waals surface area contributed by atoms with Crippen molar-refractivity contribution in [1.82, 2.24) is 4.98 Å². The van der Waals surface area contributed by atoms with E-state index in [2.05, 4.69) is 4.98 Å². The van der Waals surface area contributed by atoms with E-state index in [1.807, 2.05) is 20.8 Å². The van der Waals surface area contributed by atoms with Gasteiger partial charge in [0.05, 0.1) is 12.1 Å². The minimum absolute atomic E-state index is 0.0289. The Labute approximate surface area is 151 Å². The molecule has 0 aliphatic heterocycles. The number of hydrogen-bond donors (Lipinski definition) is 1. The molecule has 0 radical (unpaired) electrons. The highest BCUT2D eigenvalue weighted by molar-refractivity contribution is 5.70. The number of carbonyl (C=O) groups is 1. The summed E-state index contributed by atoms with van der Waals surface area (Å²) in [5, 5.41) is 0. The summed E-state index contributed by atoms with van der Waals surface area (Å²) in [4.78, 5) is 16.7. The van der Waals surface area contributed by atoms with E-state index >= 15 is 0 Å². The van der Waals surface area contributed by atoms with Crippen LogP contribution in [-0.2, 0) is 16.1 Å². The summed E-state index contributed by atoms with van der Waals surface area (Å²) in [5.41, 5.74) is 5.89. The average Bonchev–Trinajstić information content (AvgIpc) is 3.02. The van der Waals surface area contributed by atoms with E-state index in [1.165, 1.54) is 38.5 Å². The number of esters is 1. The Morgan fingerprint density at radius 1 is 1.36 bits per heavy atom. The summed E-state index contributed by atoms with van der Waals surface area (Å²) in [7, 11) is 0. The molecule has 5 heteroatoms. The molecule has 1 fully saturated rings. The second-order valence-electron chi connectivity index (χ2n) is 8.30. The molecule has 1 aliphatic rings. The van der Waals surface area contributed by atoms with Gasteiger partial charge < -0.3 is 14.9 Å². The van der Waals surface area contributed by atoms with E-state index < -0.39 is 5.60 Å². The van der Waals surface area contributed by atoms with Crippen molar-refractivity contribution in [2.75, 3.05) is 0 Å². The Morgan fingerprint density at radius 3 is 2.68 bits per heavy atom. The zero-order chi connectivity index (χ0) is 18.3. The van der Waals surface area contributed by atoms with Gasteiger partial charge in [-0.1, -0.05) is 44.9 Å². The molecule has 0 saturated heterocycles. The lowest BCUT2D eigenvalue weighted by Gasteiger charge is -2.23. The molecule has 1 aliphatic carbocycles. The predicted molar refractivity (Wildman–Crippen MR) is 98.0 cm³/mol. The van der Waals surface area contributed by atoms with Crippen LogP contribution in [0, 0.1) is 5.92 Å². The lowest BCUT2D eigenvalue weighted by Crippen LogP contribution is -2.25. The van der Waals surface area contributed by atoms with Gasteiger partial charge in [-0.3, -0.25) is 4.79 Å². The Hall–Kier alpha value is -1.36. The van der Waals surface area contributed by atoms with E-state index in [0.29, 0.717) is 18.9 Å². The average molecular weight is 351 g/mol. The second-order valence-corrected chi connectivity index (χ2v) is 8.30. The molecule has 5 nitrogen and oxygen atoms in total. The molecular weight excluding hydrogens is 316 g/mol. The lowest BCUT2D eigenvalue weighted by molar-refractivity contribution is -0.155. The Bertz CT molecular complexity index is 527. The highest BCUT2D eigenvalue weighted by atomic mass is 16.6. The molecule has 0 aromatic carbocycles. The van der Waals surface area contributed by atoms with E-state index in [4.69, 9.17) is 14.9 Å². The van der Waals surface area contributed by atoms with Crippen LogP contribution < -0.4 is 5.73 Å². The first-order chi connectivity index (χ1) is 11.9. The molecule has 142 valence electrons. The van der Waals surface area contributed by atoms with Gasteiger partial charge in [-0.15, -0.1) is 0 Å². The molecule has 1 saturated carbocycles. The Morgan fingerprint density at radius 2 is 2.08 bits per heavy atom. The van der Waals surface area contributed by atoms with Crippen molar-refractivity contribution in [3.8, 4) is 0 Å². The minimum atomic E-state index is -0.470. The van der Waals surface area contributed by atoms with Crippen LogP contribution in [0.1, 0.15) is 96.1 Å². The fraction of sp³-hybridized carbons (Fsp3) is 0.800. The van der Waals surface area contributed by atoms with Crippen LogP contribution in [0.5, 0.6) is 0 Å². The number of nitrogens with zero attached hydrogens (tertiary/aromatic N) is 1. The molecule has 2 N–H and O–H groups in total.